The fourth-order valence-corrected chi connectivity index (χ4v) is 7.81. The van der Waals surface area contributed by atoms with Crippen molar-refractivity contribution in [3.05, 3.63) is 60.8 Å². The van der Waals surface area contributed by atoms with Crippen molar-refractivity contribution < 1.29 is 42.9 Å². The number of rotatable bonds is 52. The minimum absolute atomic E-state index is 0.143. The lowest BCUT2D eigenvalue weighted by molar-refractivity contribution is -0.870. The van der Waals surface area contributed by atoms with E-state index in [0.29, 0.717) is 17.4 Å². The van der Waals surface area contributed by atoms with Crippen LogP contribution in [0.2, 0.25) is 0 Å². The molecule has 0 aliphatic carbocycles. The molecule has 0 aromatic carbocycles. The van der Waals surface area contributed by atoms with Crippen molar-refractivity contribution >= 4 is 17.9 Å². The number of esters is 2. The first-order chi connectivity index (χ1) is 33.6. The largest absolute Gasteiger partial charge is 0.545 e. The first-order valence-corrected chi connectivity index (χ1v) is 28.4. The molecule has 0 saturated carbocycles. The molecule has 0 heterocycles. The van der Waals surface area contributed by atoms with Gasteiger partial charge in [-0.25, -0.2) is 0 Å². The number of quaternary nitrogens is 1. The van der Waals surface area contributed by atoms with Crippen LogP contribution in [0.5, 0.6) is 0 Å². The van der Waals surface area contributed by atoms with Crippen molar-refractivity contribution in [1.82, 2.24) is 0 Å². The fourth-order valence-electron chi connectivity index (χ4n) is 7.81. The number of carbonyl (C=O) groups excluding carboxylic acids is 3. The van der Waals surface area contributed by atoms with Gasteiger partial charge in [0, 0.05) is 12.8 Å². The highest BCUT2D eigenvalue weighted by atomic mass is 16.7. The Balaban J connectivity index is 4.30. The van der Waals surface area contributed by atoms with Gasteiger partial charge in [0.05, 0.1) is 40.3 Å². The van der Waals surface area contributed by atoms with Crippen LogP contribution in [0.4, 0.5) is 0 Å². The molecule has 0 rings (SSSR count). The zero-order chi connectivity index (χ0) is 50.6. The Morgan fingerprint density at radius 3 is 1.16 bits per heavy atom. The first-order valence-electron chi connectivity index (χ1n) is 28.4. The average Bonchev–Trinajstić information content (AvgIpc) is 3.31. The number of unbranched alkanes of at least 4 members (excludes halogenated alkanes) is 27. The average molecular weight is 971 g/mol. The molecule has 0 saturated heterocycles. The molecule has 0 aromatic rings. The molecular weight excluding hydrogens is 863 g/mol. The highest BCUT2D eigenvalue weighted by molar-refractivity contribution is 5.70. The van der Waals surface area contributed by atoms with Crippen LogP contribution < -0.4 is 5.11 Å². The van der Waals surface area contributed by atoms with E-state index in [4.69, 9.17) is 18.9 Å². The van der Waals surface area contributed by atoms with Gasteiger partial charge >= 0.3 is 11.9 Å². The number of ether oxygens (including phenoxy) is 4. The van der Waals surface area contributed by atoms with Crippen molar-refractivity contribution in [1.29, 1.82) is 0 Å². The third-order valence-corrected chi connectivity index (χ3v) is 12.2. The van der Waals surface area contributed by atoms with Crippen LogP contribution in [-0.2, 0) is 33.3 Å². The molecule has 9 heteroatoms. The van der Waals surface area contributed by atoms with Gasteiger partial charge in [-0.15, -0.1) is 0 Å². The Bertz CT molecular complexity index is 1310. The topological polar surface area (TPSA) is 111 Å². The van der Waals surface area contributed by atoms with E-state index in [-0.39, 0.29) is 38.6 Å². The second kappa shape index (κ2) is 51.3. The maximum atomic E-state index is 12.9. The second-order valence-corrected chi connectivity index (χ2v) is 20.2. The number of carboxylic acids is 1. The third-order valence-electron chi connectivity index (χ3n) is 12.2. The second-order valence-electron chi connectivity index (χ2n) is 20.2. The molecule has 2 unspecified atom stereocenters. The zero-order valence-corrected chi connectivity index (χ0v) is 45.4. The van der Waals surface area contributed by atoms with Gasteiger partial charge < -0.3 is 33.3 Å². The summed E-state index contributed by atoms with van der Waals surface area (Å²) in [5.74, 6) is -2.30. The number of carboxylic acid groups (broad SMARTS) is 1. The number of likely N-dealkylation sites (N-methyl/N-ethyl adjacent to an activating group) is 1. The van der Waals surface area contributed by atoms with Crippen LogP contribution in [-0.4, -0.2) is 82.3 Å². The summed E-state index contributed by atoms with van der Waals surface area (Å²) in [6.45, 7) is 4.72. The highest BCUT2D eigenvalue weighted by Gasteiger charge is 2.22. The summed E-state index contributed by atoms with van der Waals surface area (Å²) in [5, 5.41) is 11.8. The first kappa shape index (κ1) is 66.0. The van der Waals surface area contributed by atoms with Crippen LogP contribution in [0.25, 0.3) is 0 Å². The maximum Gasteiger partial charge on any atom is 0.306 e. The molecule has 69 heavy (non-hydrogen) atoms. The molecule has 0 aromatic heterocycles. The van der Waals surface area contributed by atoms with E-state index in [9.17, 15) is 19.5 Å². The molecule has 9 nitrogen and oxygen atoms in total. The number of carbonyl (C=O) groups is 3. The summed E-state index contributed by atoms with van der Waals surface area (Å²) < 4.78 is 22.7. The van der Waals surface area contributed by atoms with Crippen molar-refractivity contribution in [3.8, 4) is 0 Å². The predicted molar refractivity (Wildman–Crippen MR) is 288 cm³/mol. The Morgan fingerprint density at radius 1 is 0.435 bits per heavy atom. The Kier molecular flexibility index (Phi) is 49.1. The van der Waals surface area contributed by atoms with Crippen LogP contribution in [0.3, 0.4) is 0 Å². The smallest absolute Gasteiger partial charge is 0.306 e. The molecule has 0 aliphatic heterocycles. The van der Waals surface area contributed by atoms with E-state index in [1.54, 1.807) is 0 Å². The van der Waals surface area contributed by atoms with Gasteiger partial charge in [0.1, 0.15) is 13.2 Å². The minimum Gasteiger partial charge on any atom is -0.545 e. The molecule has 0 N–H and O–H groups in total. The number of hydrogen-bond acceptors (Lipinski definition) is 8. The van der Waals surface area contributed by atoms with Crippen LogP contribution >= 0.6 is 0 Å². The fraction of sp³-hybridized carbons (Fsp3) is 0.783. The molecule has 0 amide bonds. The Hall–Kier alpha value is -3.01. The normalized spacial score (nSPS) is 13.2. The van der Waals surface area contributed by atoms with E-state index >= 15 is 0 Å². The monoisotopic (exact) mass is 970 g/mol. The lowest BCUT2D eigenvalue weighted by Crippen LogP contribution is -2.44. The molecule has 0 bridgehead atoms. The van der Waals surface area contributed by atoms with E-state index in [1.165, 1.54) is 148 Å². The van der Waals surface area contributed by atoms with Gasteiger partial charge in [-0.3, -0.25) is 9.59 Å². The predicted octanol–water partition coefficient (Wildman–Crippen LogP) is 15.1. The molecule has 0 radical (unpaired) electrons. The molecule has 0 aliphatic rings. The highest BCUT2D eigenvalue weighted by Crippen LogP contribution is 2.15. The zero-order valence-electron chi connectivity index (χ0n) is 45.4. The molecule has 0 fully saturated rings. The van der Waals surface area contributed by atoms with Gasteiger partial charge in [0.25, 0.3) is 0 Å². The summed E-state index contributed by atoms with van der Waals surface area (Å²) in [7, 11) is 5.92. The summed E-state index contributed by atoms with van der Waals surface area (Å²) in [4.78, 5) is 37.3. The van der Waals surface area contributed by atoms with Gasteiger partial charge in [-0.1, -0.05) is 209 Å². The van der Waals surface area contributed by atoms with Crippen LogP contribution in [0.1, 0.15) is 245 Å². The maximum absolute atomic E-state index is 12.9. The van der Waals surface area contributed by atoms with Gasteiger partial charge in [-0.05, 0) is 83.5 Å². The molecular formula is C60H107NO8. The number of aliphatic carboxylic acids is 1. The summed E-state index contributed by atoms with van der Waals surface area (Å²) >= 11 is 0. The van der Waals surface area contributed by atoms with Gasteiger partial charge in [0.2, 0.25) is 0 Å². The Morgan fingerprint density at radius 2 is 0.783 bits per heavy atom. The third kappa shape index (κ3) is 52.6. The SMILES string of the molecule is CCCCCCC/C=C\C/C=C\C/C=C\CCCCCCCCCCC(=O)OC(COC(=O)CCCCCCCCCCC/C=C\C/C=C\CCCCCCC)COC(OCC[N+](C)(C)C)C(=O)[O-]. The lowest BCUT2D eigenvalue weighted by Gasteiger charge is -2.26. The number of hydrogen-bond donors (Lipinski definition) is 0. The number of allylic oxidation sites excluding steroid dienone is 10. The lowest BCUT2D eigenvalue weighted by atomic mass is 10.1. The standard InChI is InChI=1S/C60H107NO8/c1-6-8-10-12-14-16-18-20-22-24-26-28-29-31-33-35-37-39-41-43-45-47-49-51-58(63)69-56(55-68-60(59(64)65)66-53-52-61(3,4)5)54-67-57(62)50-48-46-44-42-40-38-36-34-32-30-27-25-23-21-19-17-15-13-11-9-7-2/h18-21,24-27,29,31,56,60H,6-17,22-23,28,30,32-55H2,1-5H3/b20-18-,21-19-,26-24-,27-25-,31-29-. The summed E-state index contributed by atoms with van der Waals surface area (Å²) in [6.07, 6.45) is 61.1. The van der Waals surface area contributed by atoms with E-state index < -0.39 is 24.3 Å². The molecule has 0 spiro atoms. The summed E-state index contributed by atoms with van der Waals surface area (Å²) in [5.41, 5.74) is 0. The number of nitrogens with zero attached hydrogens (tertiary/aromatic N) is 1. The van der Waals surface area contributed by atoms with E-state index in [0.717, 1.165) is 64.2 Å². The molecule has 400 valence electrons. The minimum atomic E-state index is -1.63. The van der Waals surface area contributed by atoms with Gasteiger partial charge in [0.15, 0.2) is 12.4 Å². The van der Waals surface area contributed by atoms with Gasteiger partial charge in [-0.2, -0.15) is 0 Å². The van der Waals surface area contributed by atoms with Crippen LogP contribution in [0, 0.1) is 0 Å². The summed E-state index contributed by atoms with van der Waals surface area (Å²) in [6, 6.07) is 0. The van der Waals surface area contributed by atoms with E-state index in [2.05, 4.69) is 74.6 Å². The quantitative estimate of drug-likeness (QED) is 0.0195. The molecule has 2 atom stereocenters. The van der Waals surface area contributed by atoms with E-state index in [1.807, 2.05) is 21.1 Å². The van der Waals surface area contributed by atoms with Crippen molar-refractivity contribution in [2.75, 3.05) is 47.5 Å². The Labute approximate surface area is 425 Å². The van der Waals surface area contributed by atoms with Crippen molar-refractivity contribution in [3.63, 3.8) is 0 Å². The van der Waals surface area contributed by atoms with Crippen molar-refractivity contribution in [2.45, 2.75) is 257 Å². The van der Waals surface area contributed by atoms with Crippen molar-refractivity contribution in [2.24, 2.45) is 0 Å². The van der Waals surface area contributed by atoms with Crippen LogP contribution in [0.15, 0.2) is 60.8 Å².